The Kier molecular flexibility index (Phi) is 3.17. The monoisotopic (exact) mass is 281 g/mol. The fourth-order valence-corrected chi connectivity index (χ4v) is 2.45. The van der Waals surface area contributed by atoms with E-state index < -0.39 is 5.97 Å². The number of nitrogens with zero attached hydrogens (tertiary/aromatic N) is 3. The predicted octanol–water partition coefficient (Wildman–Crippen LogP) is 3.38. The van der Waals surface area contributed by atoms with E-state index >= 15 is 0 Å². The molecule has 106 valence electrons. The third-order valence-electron chi connectivity index (χ3n) is 3.43. The number of benzene rings is 1. The van der Waals surface area contributed by atoms with Crippen LogP contribution in [-0.4, -0.2) is 25.8 Å². The van der Waals surface area contributed by atoms with Gasteiger partial charge >= 0.3 is 5.97 Å². The molecule has 5 heteroatoms. The fourth-order valence-electron chi connectivity index (χ4n) is 2.45. The molecule has 0 radical (unpaired) electrons. The van der Waals surface area contributed by atoms with Gasteiger partial charge < -0.3 is 5.11 Å². The molecule has 0 amide bonds. The number of aromatic nitrogens is 3. The van der Waals surface area contributed by atoms with Crippen LogP contribution in [0.15, 0.2) is 42.7 Å². The first-order chi connectivity index (χ1) is 10.1. The van der Waals surface area contributed by atoms with Crippen LogP contribution in [0.1, 0.15) is 30.2 Å². The first-order valence-electron chi connectivity index (χ1n) is 6.74. The molecule has 5 nitrogen and oxygen atoms in total. The average molecular weight is 281 g/mol. The average Bonchev–Trinajstić information content (AvgIpc) is 2.95. The van der Waals surface area contributed by atoms with Crippen LogP contribution in [-0.2, 0) is 0 Å². The van der Waals surface area contributed by atoms with E-state index in [1.165, 1.54) is 12.3 Å². The Morgan fingerprint density at radius 3 is 2.71 bits per heavy atom. The normalized spacial score (nSPS) is 11.2. The summed E-state index contributed by atoms with van der Waals surface area (Å²) in [6.45, 7) is 4.11. The van der Waals surface area contributed by atoms with E-state index in [-0.39, 0.29) is 11.6 Å². The molecule has 0 atom stereocenters. The van der Waals surface area contributed by atoms with E-state index in [1.54, 1.807) is 6.20 Å². The van der Waals surface area contributed by atoms with Crippen LogP contribution in [0.4, 0.5) is 0 Å². The third-order valence-corrected chi connectivity index (χ3v) is 3.43. The van der Waals surface area contributed by atoms with Crippen molar-refractivity contribution in [3.05, 3.63) is 48.3 Å². The summed E-state index contributed by atoms with van der Waals surface area (Å²) >= 11 is 0. The molecule has 2 aromatic heterocycles. The molecule has 0 spiro atoms. The maximum Gasteiger partial charge on any atom is 0.336 e. The van der Waals surface area contributed by atoms with Crippen LogP contribution in [0.2, 0.25) is 0 Å². The van der Waals surface area contributed by atoms with Gasteiger partial charge in [-0.05, 0) is 38.1 Å². The van der Waals surface area contributed by atoms with Crippen LogP contribution >= 0.6 is 0 Å². The highest BCUT2D eigenvalue weighted by Gasteiger charge is 2.12. The highest BCUT2D eigenvalue weighted by molar-refractivity contribution is 6.03. The molecule has 0 aliphatic heterocycles. The number of hydrogen-bond donors (Lipinski definition) is 1. The van der Waals surface area contributed by atoms with Crippen molar-refractivity contribution in [3.8, 4) is 11.3 Å². The zero-order valence-electron chi connectivity index (χ0n) is 11.8. The second kappa shape index (κ2) is 5.01. The molecule has 3 aromatic rings. The van der Waals surface area contributed by atoms with Crippen LogP contribution in [0, 0.1) is 0 Å². The minimum Gasteiger partial charge on any atom is -0.478 e. The van der Waals surface area contributed by atoms with Gasteiger partial charge in [-0.25, -0.2) is 4.79 Å². The summed E-state index contributed by atoms with van der Waals surface area (Å²) in [5.74, 6) is -0.947. The number of carbonyl (C=O) groups is 1. The molecule has 21 heavy (non-hydrogen) atoms. The van der Waals surface area contributed by atoms with Gasteiger partial charge in [-0.15, -0.1) is 0 Å². The quantitative estimate of drug-likeness (QED) is 0.799. The van der Waals surface area contributed by atoms with Crippen molar-refractivity contribution in [1.82, 2.24) is 14.8 Å². The largest absolute Gasteiger partial charge is 0.478 e. The number of aromatic carboxylic acids is 1. The molecular weight excluding hydrogens is 266 g/mol. The summed E-state index contributed by atoms with van der Waals surface area (Å²) < 4.78 is 1.91. The van der Waals surface area contributed by atoms with Gasteiger partial charge in [0.05, 0.1) is 16.8 Å². The first-order valence-corrected chi connectivity index (χ1v) is 6.74. The van der Waals surface area contributed by atoms with Crippen molar-refractivity contribution in [2.75, 3.05) is 0 Å². The van der Waals surface area contributed by atoms with E-state index in [4.69, 9.17) is 0 Å². The number of carboxylic acid groups (broad SMARTS) is 1. The van der Waals surface area contributed by atoms with Gasteiger partial charge in [0.2, 0.25) is 0 Å². The Labute approximate surface area is 121 Å². The molecule has 1 N–H and O–H groups in total. The molecular formula is C16H15N3O2. The molecule has 0 fully saturated rings. The maximum absolute atomic E-state index is 11.3. The van der Waals surface area contributed by atoms with Gasteiger partial charge in [-0.1, -0.05) is 6.07 Å². The van der Waals surface area contributed by atoms with Gasteiger partial charge in [-0.2, -0.15) is 5.10 Å². The molecule has 0 aliphatic rings. The Hall–Kier alpha value is -2.69. The Bertz CT molecular complexity index is 821. The topological polar surface area (TPSA) is 68.0 Å². The molecule has 1 aromatic carbocycles. The molecule has 2 heterocycles. The number of rotatable bonds is 3. The van der Waals surface area contributed by atoms with Crippen LogP contribution in [0.5, 0.6) is 0 Å². The lowest BCUT2D eigenvalue weighted by atomic mass is 10.0. The summed E-state index contributed by atoms with van der Waals surface area (Å²) in [6.07, 6.45) is 3.27. The molecule has 0 saturated heterocycles. The summed E-state index contributed by atoms with van der Waals surface area (Å²) in [5, 5.41) is 14.3. The summed E-state index contributed by atoms with van der Waals surface area (Å²) in [6, 6.07) is 9.33. The van der Waals surface area contributed by atoms with Crippen molar-refractivity contribution in [3.63, 3.8) is 0 Å². The van der Waals surface area contributed by atoms with Crippen molar-refractivity contribution >= 4 is 16.9 Å². The maximum atomic E-state index is 11.3. The lowest BCUT2D eigenvalue weighted by molar-refractivity contribution is 0.0699. The van der Waals surface area contributed by atoms with Crippen LogP contribution in [0.3, 0.4) is 0 Å². The summed E-state index contributed by atoms with van der Waals surface area (Å²) in [5.41, 5.74) is 2.84. The minimum absolute atomic E-state index is 0.235. The Balaban J connectivity index is 2.23. The molecule has 0 bridgehead atoms. The van der Waals surface area contributed by atoms with E-state index in [1.807, 2.05) is 28.9 Å². The van der Waals surface area contributed by atoms with E-state index in [2.05, 4.69) is 23.9 Å². The van der Waals surface area contributed by atoms with Gasteiger partial charge in [0.15, 0.2) is 0 Å². The zero-order chi connectivity index (χ0) is 15.0. The number of carboxylic acids is 1. The SMILES string of the molecule is CC(C)n1nccc1-c1ccc2nccc(C(=O)O)c2c1. The zero-order valence-corrected chi connectivity index (χ0v) is 11.8. The second-order valence-corrected chi connectivity index (χ2v) is 5.15. The minimum atomic E-state index is -0.947. The van der Waals surface area contributed by atoms with E-state index in [0.29, 0.717) is 10.9 Å². The smallest absolute Gasteiger partial charge is 0.336 e. The lowest BCUT2D eigenvalue weighted by Gasteiger charge is -2.12. The summed E-state index contributed by atoms with van der Waals surface area (Å²) in [4.78, 5) is 15.6. The predicted molar refractivity (Wildman–Crippen MR) is 80.3 cm³/mol. The van der Waals surface area contributed by atoms with E-state index in [9.17, 15) is 9.90 Å². The number of hydrogen-bond acceptors (Lipinski definition) is 3. The van der Waals surface area contributed by atoms with Crippen LogP contribution < -0.4 is 0 Å². The molecule has 0 saturated carbocycles. The molecule has 3 rings (SSSR count). The highest BCUT2D eigenvalue weighted by atomic mass is 16.4. The van der Waals surface area contributed by atoms with Gasteiger partial charge in [0.25, 0.3) is 0 Å². The van der Waals surface area contributed by atoms with Crippen molar-refractivity contribution < 1.29 is 9.90 Å². The van der Waals surface area contributed by atoms with Crippen LogP contribution in [0.25, 0.3) is 22.2 Å². The third kappa shape index (κ3) is 2.27. The van der Waals surface area contributed by atoms with Gasteiger partial charge in [0, 0.05) is 29.4 Å². The van der Waals surface area contributed by atoms with Crippen molar-refractivity contribution in [1.29, 1.82) is 0 Å². The lowest BCUT2D eigenvalue weighted by Crippen LogP contribution is -2.04. The number of pyridine rings is 1. The summed E-state index contributed by atoms with van der Waals surface area (Å²) in [7, 11) is 0. The first kappa shape index (κ1) is 13.3. The Morgan fingerprint density at radius 1 is 1.19 bits per heavy atom. The molecule has 0 aliphatic carbocycles. The second-order valence-electron chi connectivity index (χ2n) is 5.15. The van der Waals surface area contributed by atoms with Crippen molar-refractivity contribution in [2.45, 2.75) is 19.9 Å². The molecule has 0 unspecified atom stereocenters. The highest BCUT2D eigenvalue weighted by Crippen LogP contribution is 2.27. The standard InChI is InChI=1S/C16H15N3O2/c1-10(2)19-15(6-8-18-19)11-3-4-14-13(9-11)12(16(20)21)5-7-17-14/h3-10H,1-2H3,(H,20,21). The van der Waals surface area contributed by atoms with Gasteiger partial charge in [-0.3, -0.25) is 9.67 Å². The Morgan fingerprint density at radius 2 is 2.00 bits per heavy atom. The van der Waals surface area contributed by atoms with Crippen molar-refractivity contribution in [2.24, 2.45) is 0 Å². The number of fused-ring (bicyclic) bond motifs is 1. The van der Waals surface area contributed by atoms with Gasteiger partial charge in [0.1, 0.15) is 0 Å². The fraction of sp³-hybridized carbons (Fsp3) is 0.188. The van der Waals surface area contributed by atoms with E-state index in [0.717, 1.165) is 11.3 Å².